The molecule has 1 rings (SSSR count). The lowest BCUT2D eigenvalue weighted by atomic mass is 10.1. The van der Waals surface area contributed by atoms with Gasteiger partial charge in [0.25, 0.3) is 5.97 Å². The normalized spacial score (nSPS) is 24.0. The minimum Gasteiger partial charge on any atom is -0.394 e. The molecule has 2 unspecified atom stereocenters. The molecule has 1 aliphatic heterocycles. The zero-order valence-electron chi connectivity index (χ0n) is 16.0. The van der Waals surface area contributed by atoms with Crippen LogP contribution in [-0.2, 0) is 9.47 Å². The maximum Gasteiger partial charge on any atom is 0.280 e. The Labute approximate surface area is 153 Å². The van der Waals surface area contributed by atoms with Crippen molar-refractivity contribution in [2.45, 2.75) is 96.1 Å². The van der Waals surface area contributed by atoms with Gasteiger partial charge >= 0.3 is 0 Å². The lowest BCUT2D eigenvalue weighted by molar-refractivity contribution is -0.316. The summed E-state index contributed by atoms with van der Waals surface area (Å²) >= 11 is 0. The average Bonchev–Trinajstić information content (AvgIpc) is 3.00. The second-order valence-electron chi connectivity index (χ2n) is 6.93. The zero-order valence-corrected chi connectivity index (χ0v) is 16.0. The van der Waals surface area contributed by atoms with Crippen LogP contribution in [0.4, 0.5) is 0 Å². The summed E-state index contributed by atoms with van der Waals surface area (Å²) in [6, 6.07) is 0. The van der Waals surface area contributed by atoms with Gasteiger partial charge in [-0.25, -0.2) is 0 Å². The van der Waals surface area contributed by atoms with Crippen LogP contribution in [-0.4, -0.2) is 35.5 Å². The molecular weight excluding hydrogens is 316 g/mol. The first-order valence-corrected chi connectivity index (χ1v) is 10.1. The minimum atomic E-state index is -1.47. The van der Waals surface area contributed by atoms with Crippen LogP contribution in [0.1, 0.15) is 84.0 Å². The number of hydrogen-bond donors (Lipinski definition) is 2. The van der Waals surface area contributed by atoms with Gasteiger partial charge < -0.3 is 19.7 Å². The third-order valence-corrected chi connectivity index (χ3v) is 4.49. The van der Waals surface area contributed by atoms with E-state index in [0.717, 1.165) is 25.7 Å². The smallest absolute Gasteiger partial charge is 0.280 e. The fourth-order valence-corrected chi connectivity index (χ4v) is 2.93. The summed E-state index contributed by atoms with van der Waals surface area (Å²) in [6.45, 7) is 2.40. The Hall–Kier alpha value is -0.680. The summed E-state index contributed by atoms with van der Waals surface area (Å²) < 4.78 is 10.5. The van der Waals surface area contributed by atoms with Crippen molar-refractivity contribution < 1.29 is 19.7 Å². The van der Waals surface area contributed by atoms with Crippen LogP contribution in [0, 0.1) is 0 Å². The molecule has 25 heavy (non-hydrogen) atoms. The van der Waals surface area contributed by atoms with Gasteiger partial charge in [-0.3, -0.25) is 0 Å². The van der Waals surface area contributed by atoms with E-state index < -0.39 is 5.97 Å². The second-order valence-corrected chi connectivity index (χ2v) is 6.93. The molecule has 0 radical (unpaired) electrons. The summed E-state index contributed by atoms with van der Waals surface area (Å²) in [5.74, 6) is -1.47. The van der Waals surface area contributed by atoms with Crippen LogP contribution in [0.3, 0.4) is 0 Å². The van der Waals surface area contributed by atoms with Crippen molar-refractivity contribution in [3.8, 4) is 0 Å². The number of unbranched alkanes of at least 4 members (excludes halogenated alkanes) is 8. The predicted octanol–water partition coefficient (Wildman–Crippen LogP) is 4.85. The van der Waals surface area contributed by atoms with Crippen molar-refractivity contribution in [1.29, 1.82) is 0 Å². The van der Waals surface area contributed by atoms with Gasteiger partial charge in [0.05, 0.1) is 13.2 Å². The van der Waals surface area contributed by atoms with E-state index in [-0.39, 0.29) is 19.3 Å². The molecule has 4 heteroatoms. The van der Waals surface area contributed by atoms with Crippen LogP contribution in [0.2, 0.25) is 0 Å². The molecule has 2 N–H and O–H groups in total. The third kappa shape index (κ3) is 11.5. The number of aliphatic hydroxyl groups is 2. The van der Waals surface area contributed by atoms with E-state index in [1.807, 2.05) is 0 Å². The molecule has 0 bridgehead atoms. The highest BCUT2D eigenvalue weighted by atomic mass is 16.9. The fraction of sp³-hybridized carbons (Fsp3) is 0.810. The van der Waals surface area contributed by atoms with Crippen molar-refractivity contribution in [1.82, 2.24) is 0 Å². The number of allylic oxidation sites excluding steroid dienone is 4. The highest BCUT2D eigenvalue weighted by Crippen LogP contribution is 2.26. The van der Waals surface area contributed by atoms with Crippen molar-refractivity contribution in [3.05, 3.63) is 24.3 Å². The molecule has 4 nitrogen and oxygen atoms in total. The van der Waals surface area contributed by atoms with Crippen LogP contribution in [0.5, 0.6) is 0 Å². The minimum absolute atomic E-state index is 0.107. The summed E-state index contributed by atoms with van der Waals surface area (Å²) in [6.07, 6.45) is 22.1. The van der Waals surface area contributed by atoms with Gasteiger partial charge in [0.2, 0.25) is 0 Å². The van der Waals surface area contributed by atoms with Crippen molar-refractivity contribution in [2.24, 2.45) is 0 Å². The van der Waals surface area contributed by atoms with E-state index in [0.29, 0.717) is 6.42 Å². The van der Waals surface area contributed by atoms with Gasteiger partial charge in [-0.2, -0.15) is 0 Å². The second kappa shape index (κ2) is 14.5. The van der Waals surface area contributed by atoms with Crippen LogP contribution < -0.4 is 0 Å². The van der Waals surface area contributed by atoms with E-state index >= 15 is 0 Å². The Morgan fingerprint density at radius 3 is 2.20 bits per heavy atom. The molecule has 146 valence electrons. The molecule has 0 aromatic heterocycles. The largest absolute Gasteiger partial charge is 0.394 e. The number of hydrogen-bond acceptors (Lipinski definition) is 4. The summed E-state index contributed by atoms with van der Waals surface area (Å²) in [5, 5.41) is 19.0. The molecule has 0 aromatic rings. The first-order valence-electron chi connectivity index (χ1n) is 10.1. The van der Waals surface area contributed by atoms with E-state index in [4.69, 9.17) is 14.6 Å². The van der Waals surface area contributed by atoms with Gasteiger partial charge in [0, 0.05) is 6.42 Å². The van der Waals surface area contributed by atoms with E-state index in [9.17, 15) is 5.11 Å². The Morgan fingerprint density at radius 2 is 1.56 bits per heavy atom. The molecule has 2 atom stereocenters. The van der Waals surface area contributed by atoms with E-state index in [1.165, 1.54) is 44.9 Å². The molecule has 0 aromatic carbocycles. The van der Waals surface area contributed by atoms with Crippen molar-refractivity contribution >= 4 is 0 Å². The molecule has 1 heterocycles. The monoisotopic (exact) mass is 354 g/mol. The molecule has 1 fully saturated rings. The third-order valence-electron chi connectivity index (χ3n) is 4.49. The van der Waals surface area contributed by atoms with Gasteiger partial charge in [-0.15, -0.1) is 0 Å². The Bertz CT molecular complexity index is 367. The van der Waals surface area contributed by atoms with Gasteiger partial charge in [0.15, 0.2) is 0 Å². The maximum atomic E-state index is 10.0. The lowest BCUT2D eigenvalue weighted by Crippen LogP contribution is -2.30. The van der Waals surface area contributed by atoms with E-state index in [2.05, 4.69) is 31.2 Å². The zero-order chi connectivity index (χ0) is 18.2. The summed E-state index contributed by atoms with van der Waals surface area (Å²) in [7, 11) is 0. The number of aliphatic hydroxyl groups excluding tert-OH is 1. The topological polar surface area (TPSA) is 58.9 Å². The van der Waals surface area contributed by atoms with Crippen molar-refractivity contribution in [3.63, 3.8) is 0 Å². The molecule has 0 amide bonds. The molecule has 0 saturated carbocycles. The Morgan fingerprint density at radius 1 is 0.920 bits per heavy atom. The molecule has 1 saturated heterocycles. The Balaban J connectivity index is 1.86. The average molecular weight is 355 g/mol. The van der Waals surface area contributed by atoms with Gasteiger partial charge in [0.1, 0.15) is 6.10 Å². The molecule has 0 spiro atoms. The molecule has 1 aliphatic rings. The number of rotatable bonds is 15. The highest BCUT2D eigenvalue weighted by molar-refractivity contribution is 4.92. The standard InChI is InChI=1S/C21H38O4/c1-2-3-4-5-6-7-8-9-10-11-12-13-14-15-16-17-21(23)24-19-20(18-22)25-21/h6-7,9-10,20,22-23H,2-5,8,11-19H2,1H3/b7-6-,10-9-. The van der Waals surface area contributed by atoms with Crippen LogP contribution in [0.25, 0.3) is 0 Å². The predicted molar refractivity (Wildman–Crippen MR) is 102 cm³/mol. The number of ether oxygens (including phenoxy) is 2. The SMILES string of the molecule is CCCCC/C=C\C/C=C\CCCCCCCC1(O)OCC(CO)O1. The quantitative estimate of drug-likeness (QED) is 0.326. The maximum absolute atomic E-state index is 10.0. The summed E-state index contributed by atoms with van der Waals surface area (Å²) in [5.41, 5.74) is 0. The van der Waals surface area contributed by atoms with Crippen molar-refractivity contribution in [2.75, 3.05) is 13.2 Å². The van der Waals surface area contributed by atoms with Gasteiger partial charge in [-0.05, 0) is 38.5 Å². The van der Waals surface area contributed by atoms with Crippen LogP contribution >= 0.6 is 0 Å². The Kier molecular flexibility index (Phi) is 13.0. The fourth-order valence-electron chi connectivity index (χ4n) is 2.93. The highest BCUT2D eigenvalue weighted by Gasteiger charge is 2.38. The molecule has 0 aliphatic carbocycles. The lowest BCUT2D eigenvalue weighted by Gasteiger charge is -2.20. The van der Waals surface area contributed by atoms with E-state index in [1.54, 1.807) is 0 Å². The van der Waals surface area contributed by atoms with Crippen LogP contribution in [0.15, 0.2) is 24.3 Å². The summed E-state index contributed by atoms with van der Waals surface area (Å²) in [4.78, 5) is 0. The first kappa shape index (κ1) is 22.4. The molecular formula is C21H38O4. The van der Waals surface area contributed by atoms with Gasteiger partial charge in [-0.1, -0.05) is 63.3 Å². The first-order chi connectivity index (χ1) is 12.2.